The minimum absolute atomic E-state index is 0.167. The van der Waals surface area contributed by atoms with E-state index in [1.807, 2.05) is 6.07 Å². The zero-order valence-electron chi connectivity index (χ0n) is 15.8. The molecule has 0 fully saturated rings. The van der Waals surface area contributed by atoms with Crippen LogP contribution in [0.4, 0.5) is 4.39 Å². The van der Waals surface area contributed by atoms with Crippen LogP contribution in [-0.4, -0.2) is 43.6 Å². The third-order valence-corrected chi connectivity index (χ3v) is 4.10. The molecule has 1 rings (SSSR count). The molecule has 1 aromatic rings. The highest BCUT2D eigenvalue weighted by atomic mass is 19.1. The van der Waals surface area contributed by atoms with E-state index in [0.717, 1.165) is 44.0 Å². The molecular weight excluding hydrogens is 303 g/mol. The van der Waals surface area contributed by atoms with Crippen LogP contribution in [0.15, 0.2) is 23.2 Å². The van der Waals surface area contributed by atoms with Crippen molar-refractivity contribution in [2.75, 3.05) is 26.7 Å². The van der Waals surface area contributed by atoms with Crippen LogP contribution in [-0.2, 0) is 6.54 Å². The van der Waals surface area contributed by atoms with E-state index in [-0.39, 0.29) is 5.82 Å². The molecule has 0 unspecified atom stereocenters. The first-order chi connectivity index (χ1) is 11.4. The molecule has 24 heavy (non-hydrogen) atoms. The molecule has 0 radical (unpaired) electrons. The average Bonchev–Trinajstić information content (AvgIpc) is 2.54. The van der Waals surface area contributed by atoms with E-state index in [2.05, 4.69) is 48.3 Å². The van der Waals surface area contributed by atoms with Crippen LogP contribution in [0.1, 0.15) is 44.7 Å². The van der Waals surface area contributed by atoms with Crippen LogP contribution in [0.3, 0.4) is 0 Å². The lowest BCUT2D eigenvalue weighted by Crippen LogP contribution is -2.38. The molecule has 0 bridgehead atoms. The van der Waals surface area contributed by atoms with Crippen LogP contribution < -0.4 is 10.6 Å². The number of benzene rings is 1. The van der Waals surface area contributed by atoms with Gasteiger partial charge in [0.1, 0.15) is 5.82 Å². The molecule has 0 aliphatic heterocycles. The Bertz CT molecular complexity index is 514. The van der Waals surface area contributed by atoms with E-state index >= 15 is 0 Å². The summed E-state index contributed by atoms with van der Waals surface area (Å²) in [5.74, 6) is 0.649. The lowest BCUT2D eigenvalue weighted by atomic mass is 10.1. The second-order valence-electron chi connectivity index (χ2n) is 6.49. The summed E-state index contributed by atoms with van der Waals surface area (Å²) >= 11 is 0. The standard InChI is InChI=1S/C19H33FN4/c1-6-21-19(22-11-7-8-12-24(5)15(2)3)23-14-17-9-10-18(20)16(4)13-17/h9-10,13,15H,6-8,11-12,14H2,1-5H3,(H2,21,22,23). The number of unbranched alkanes of at least 4 members (excludes halogenated alkanes) is 1. The summed E-state index contributed by atoms with van der Waals surface area (Å²) in [4.78, 5) is 6.93. The Kier molecular flexibility index (Phi) is 9.38. The summed E-state index contributed by atoms with van der Waals surface area (Å²) < 4.78 is 13.3. The van der Waals surface area contributed by atoms with Crippen molar-refractivity contribution in [1.82, 2.24) is 15.5 Å². The molecule has 0 heterocycles. The molecule has 0 saturated heterocycles. The highest BCUT2D eigenvalue weighted by Gasteiger charge is 2.03. The van der Waals surface area contributed by atoms with Crippen LogP contribution in [0.5, 0.6) is 0 Å². The fourth-order valence-electron chi connectivity index (χ4n) is 2.27. The van der Waals surface area contributed by atoms with Crippen LogP contribution in [0.2, 0.25) is 0 Å². The first kappa shape index (κ1) is 20.4. The smallest absolute Gasteiger partial charge is 0.191 e. The van der Waals surface area contributed by atoms with Gasteiger partial charge in [-0.15, -0.1) is 0 Å². The number of nitrogens with zero attached hydrogens (tertiary/aromatic N) is 2. The first-order valence-corrected chi connectivity index (χ1v) is 8.91. The third kappa shape index (κ3) is 7.77. The molecule has 5 heteroatoms. The lowest BCUT2D eigenvalue weighted by Gasteiger charge is -2.20. The van der Waals surface area contributed by atoms with Gasteiger partial charge in [0.25, 0.3) is 0 Å². The number of aliphatic imine (C=N–C) groups is 1. The highest BCUT2D eigenvalue weighted by molar-refractivity contribution is 5.79. The molecular formula is C19H33FN4. The molecule has 0 atom stereocenters. The van der Waals surface area contributed by atoms with Gasteiger partial charge in [-0.25, -0.2) is 9.38 Å². The largest absolute Gasteiger partial charge is 0.357 e. The monoisotopic (exact) mass is 336 g/mol. The molecule has 0 aromatic heterocycles. The first-order valence-electron chi connectivity index (χ1n) is 8.91. The van der Waals surface area contributed by atoms with Crippen molar-refractivity contribution < 1.29 is 4.39 Å². The van der Waals surface area contributed by atoms with Crippen LogP contribution >= 0.6 is 0 Å². The zero-order valence-corrected chi connectivity index (χ0v) is 15.8. The normalized spacial score (nSPS) is 12.1. The average molecular weight is 336 g/mol. The minimum atomic E-state index is -0.167. The van der Waals surface area contributed by atoms with Crippen molar-refractivity contribution in [3.05, 3.63) is 35.1 Å². The van der Waals surface area contributed by atoms with Crippen LogP contribution in [0.25, 0.3) is 0 Å². The number of aryl methyl sites for hydroxylation is 1. The maximum absolute atomic E-state index is 13.3. The van der Waals surface area contributed by atoms with Crippen LogP contribution in [0, 0.1) is 12.7 Å². The van der Waals surface area contributed by atoms with Crippen molar-refractivity contribution in [3.8, 4) is 0 Å². The van der Waals surface area contributed by atoms with E-state index in [4.69, 9.17) is 0 Å². The van der Waals surface area contributed by atoms with Gasteiger partial charge in [0.05, 0.1) is 6.54 Å². The highest BCUT2D eigenvalue weighted by Crippen LogP contribution is 2.10. The van der Waals surface area contributed by atoms with Gasteiger partial charge >= 0.3 is 0 Å². The fourth-order valence-corrected chi connectivity index (χ4v) is 2.27. The lowest BCUT2D eigenvalue weighted by molar-refractivity contribution is 0.268. The Balaban J connectivity index is 2.41. The van der Waals surface area contributed by atoms with Gasteiger partial charge in [0.15, 0.2) is 5.96 Å². The number of nitrogens with one attached hydrogen (secondary N) is 2. The van der Waals surface area contributed by atoms with Gasteiger partial charge in [0, 0.05) is 19.1 Å². The molecule has 2 N–H and O–H groups in total. The predicted octanol–water partition coefficient (Wildman–Crippen LogP) is 3.31. The Morgan fingerprint density at radius 3 is 2.62 bits per heavy atom. The van der Waals surface area contributed by atoms with Gasteiger partial charge < -0.3 is 15.5 Å². The molecule has 0 aliphatic carbocycles. The second kappa shape index (κ2) is 11.0. The quantitative estimate of drug-likeness (QED) is 0.413. The van der Waals surface area contributed by atoms with Gasteiger partial charge in [-0.1, -0.05) is 12.1 Å². The van der Waals surface area contributed by atoms with E-state index in [0.29, 0.717) is 18.2 Å². The molecule has 0 aliphatic rings. The molecule has 0 spiro atoms. The fraction of sp³-hybridized carbons (Fsp3) is 0.632. The van der Waals surface area contributed by atoms with Gasteiger partial charge in [-0.05, 0) is 71.3 Å². The summed E-state index contributed by atoms with van der Waals surface area (Å²) in [5, 5.41) is 6.62. The minimum Gasteiger partial charge on any atom is -0.357 e. The summed E-state index contributed by atoms with van der Waals surface area (Å²) in [5.41, 5.74) is 1.68. The molecule has 0 amide bonds. The van der Waals surface area contributed by atoms with E-state index in [1.54, 1.807) is 13.0 Å². The maximum Gasteiger partial charge on any atom is 0.191 e. The molecule has 0 saturated carbocycles. The Hall–Kier alpha value is -1.62. The van der Waals surface area contributed by atoms with Crippen molar-refractivity contribution in [3.63, 3.8) is 0 Å². The van der Waals surface area contributed by atoms with E-state index in [1.165, 1.54) is 6.07 Å². The Labute approximate surface area is 146 Å². The van der Waals surface area contributed by atoms with Gasteiger partial charge in [0.2, 0.25) is 0 Å². The SMILES string of the molecule is CCNC(=NCc1ccc(F)c(C)c1)NCCCCN(C)C(C)C. The van der Waals surface area contributed by atoms with E-state index < -0.39 is 0 Å². The summed E-state index contributed by atoms with van der Waals surface area (Å²) in [6.07, 6.45) is 2.27. The van der Waals surface area contributed by atoms with Gasteiger partial charge in [-0.3, -0.25) is 0 Å². The molecule has 4 nitrogen and oxygen atoms in total. The summed E-state index contributed by atoms with van der Waals surface area (Å²) in [7, 11) is 2.16. The predicted molar refractivity (Wildman–Crippen MR) is 101 cm³/mol. The number of halogens is 1. The number of hydrogen-bond acceptors (Lipinski definition) is 2. The van der Waals surface area contributed by atoms with Gasteiger partial charge in [-0.2, -0.15) is 0 Å². The second-order valence-corrected chi connectivity index (χ2v) is 6.49. The van der Waals surface area contributed by atoms with Crippen molar-refractivity contribution in [2.45, 2.75) is 53.1 Å². The van der Waals surface area contributed by atoms with E-state index in [9.17, 15) is 4.39 Å². The summed E-state index contributed by atoms with van der Waals surface area (Å²) in [6, 6.07) is 5.74. The Morgan fingerprint density at radius 2 is 2.00 bits per heavy atom. The maximum atomic E-state index is 13.3. The Morgan fingerprint density at radius 1 is 1.25 bits per heavy atom. The third-order valence-electron chi connectivity index (χ3n) is 4.10. The van der Waals surface area contributed by atoms with Crippen molar-refractivity contribution in [2.24, 2.45) is 4.99 Å². The van der Waals surface area contributed by atoms with Crippen molar-refractivity contribution in [1.29, 1.82) is 0 Å². The topological polar surface area (TPSA) is 39.7 Å². The zero-order chi connectivity index (χ0) is 17.9. The number of guanidine groups is 1. The number of hydrogen-bond donors (Lipinski definition) is 2. The summed E-state index contributed by atoms with van der Waals surface area (Å²) in [6.45, 7) is 11.6. The number of rotatable bonds is 9. The molecule has 136 valence electrons. The molecule has 1 aromatic carbocycles. The van der Waals surface area contributed by atoms with Crippen molar-refractivity contribution >= 4 is 5.96 Å².